The number of rotatable bonds is 6. The summed E-state index contributed by atoms with van der Waals surface area (Å²) in [6.07, 6.45) is -0.529. The van der Waals surface area contributed by atoms with E-state index in [0.29, 0.717) is 17.9 Å². The number of nitro groups is 1. The van der Waals surface area contributed by atoms with Crippen molar-refractivity contribution in [3.05, 3.63) is 58.1 Å². The molecule has 0 aliphatic rings. The van der Waals surface area contributed by atoms with Gasteiger partial charge < -0.3 is 14.8 Å². The fourth-order valence-corrected chi connectivity index (χ4v) is 2.02. The van der Waals surface area contributed by atoms with Crippen molar-refractivity contribution in [2.45, 2.75) is 6.54 Å². The van der Waals surface area contributed by atoms with E-state index in [9.17, 15) is 14.9 Å². The number of methoxy groups -OCH3 is 2. The molecule has 8 heteroatoms. The number of benzene rings is 2. The van der Waals surface area contributed by atoms with Gasteiger partial charge in [0.1, 0.15) is 0 Å². The highest BCUT2D eigenvalue weighted by Gasteiger charge is 2.14. The lowest BCUT2D eigenvalue weighted by molar-refractivity contribution is -0.385. The third-order valence-electron chi connectivity index (χ3n) is 3.26. The van der Waals surface area contributed by atoms with Crippen LogP contribution in [0.2, 0.25) is 0 Å². The zero-order chi connectivity index (χ0) is 17.5. The normalized spacial score (nSPS) is 9.92. The summed E-state index contributed by atoms with van der Waals surface area (Å²) >= 11 is 0. The van der Waals surface area contributed by atoms with Crippen LogP contribution in [0.15, 0.2) is 42.5 Å². The van der Waals surface area contributed by atoms with E-state index in [1.807, 2.05) is 12.1 Å². The summed E-state index contributed by atoms with van der Waals surface area (Å²) in [4.78, 5) is 21.5. The Bertz CT molecular complexity index is 731. The van der Waals surface area contributed by atoms with Gasteiger partial charge in [-0.2, -0.15) is 0 Å². The van der Waals surface area contributed by atoms with E-state index in [1.54, 1.807) is 24.3 Å². The Morgan fingerprint density at radius 1 is 1.12 bits per heavy atom. The molecule has 0 aliphatic heterocycles. The zero-order valence-electron chi connectivity index (χ0n) is 13.2. The van der Waals surface area contributed by atoms with Crippen LogP contribution in [0.3, 0.4) is 0 Å². The van der Waals surface area contributed by atoms with Gasteiger partial charge in [-0.1, -0.05) is 12.1 Å². The monoisotopic (exact) mass is 331 g/mol. The maximum absolute atomic E-state index is 11.1. The second-order valence-electron chi connectivity index (χ2n) is 4.81. The van der Waals surface area contributed by atoms with Gasteiger partial charge in [-0.25, -0.2) is 4.79 Å². The number of ether oxygens (including phenoxy) is 2. The largest absolute Gasteiger partial charge is 0.490 e. The van der Waals surface area contributed by atoms with Crippen molar-refractivity contribution in [3.8, 4) is 5.75 Å². The highest BCUT2D eigenvalue weighted by Crippen LogP contribution is 2.29. The molecular weight excluding hydrogens is 314 g/mol. The number of hydrogen-bond donors (Lipinski definition) is 2. The lowest BCUT2D eigenvalue weighted by Gasteiger charge is -2.09. The van der Waals surface area contributed by atoms with Crippen LogP contribution < -0.4 is 15.4 Å². The Hall–Kier alpha value is -3.29. The standard InChI is InChI=1S/C16H17N3O5/c1-23-15-9-13(7-8-14(15)19(21)22)17-10-11-3-5-12(6-4-11)18-16(20)24-2/h3-9,17H,10H2,1-2H3,(H,18,20). The molecule has 0 unspecified atom stereocenters. The molecule has 0 heterocycles. The first kappa shape index (κ1) is 17.1. The molecule has 0 bridgehead atoms. The molecule has 0 radical (unpaired) electrons. The van der Waals surface area contributed by atoms with E-state index >= 15 is 0 Å². The van der Waals surface area contributed by atoms with E-state index in [2.05, 4.69) is 15.4 Å². The Balaban J connectivity index is 2.00. The minimum Gasteiger partial charge on any atom is -0.490 e. The number of hydrogen-bond acceptors (Lipinski definition) is 6. The molecule has 8 nitrogen and oxygen atoms in total. The van der Waals surface area contributed by atoms with E-state index < -0.39 is 11.0 Å². The predicted octanol–water partition coefficient (Wildman–Crippen LogP) is 3.39. The molecule has 2 aromatic rings. The van der Waals surface area contributed by atoms with Crippen molar-refractivity contribution in [2.24, 2.45) is 0 Å². The first-order chi connectivity index (χ1) is 11.5. The maximum atomic E-state index is 11.1. The second kappa shape index (κ2) is 7.82. The quantitative estimate of drug-likeness (QED) is 0.621. The number of carbonyl (C=O) groups excluding carboxylic acids is 1. The van der Waals surface area contributed by atoms with Crippen LogP contribution in [-0.2, 0) is 11.3 Å². The van der Waals surface area contributed by atoms with E-state index in [1.165, 1.54) is 20.3 Å². The lowest BCUT2D eigenvalue weighted by Crippen LogP contribution is -2.10. The van der Waals surface area contributed by atoms with Gasteiger partial charge in [-0.3, -0.25) is 15.4 Å². The predicted molar refractivity (Wildman–Crippen MR) is 89.4 cm³/mol. The Morgan fingerprint density at radius 2 is 1.79 bits per heavy atom. The molecule has 0 atom stereocenters. The van der Waals surface area contributed by atoms with Crippen molar-refractivity contribution >= 4 is 23.2 Å². The van der Waals surface area contributed by atoms with Crippen LogP contribution in [0.5, 0.6) is 5.75 Å². The molecule has 0 saturated carbocycles. The number of carbonyl (C=O) groups is 1. The van der Waals surface area contributed by atoms with Gasteiger partial charge in [-0.15, -0.1) is 0 Å². The van der Waals surface area contributed by atoms with Crippen molar-refractivity contribution in [2.75, 3.05) is 24.9 Å². The van der Waals surface area contributed by atoms with Crippen LogP contribution in [0.1, 0.15) is 5.56 Å². The van der Waals surface area contributed by atoms with E-state index in [4.69, 9.17) is 4.74 Å². The highest BCUT2D eigenvalue weighted by molar-refractivity contribution is 5.84. The minimum atomic E-state index is -0.529. The summed E-state index contributed by atoms with van der Waals surface area (Å²) < 4.78 is 9.54. The van der Waals surface area contributed by atoms with Crippen LogP contribution in [0.4, 0.5) is 21.9 Å². The number of nitro benzene ring substituents is 1. The number of amides is 1. The maximum Gasteiger partial charge on any atom is 0.411 e. The molecule has 0 fully saturated rings. The van der Waals surface area contributed by atoms with Gasteiger partial charge in [-0.05, 0) is 23.8 Å². The summed E-state index contributed by atoms with van der Waals surface area (Å²) in [6, 6.07) is 11.8. The van der Waals surface area contributed by atoms with Gasteiger partial charge in [0.15, 0.2) is 5.75 Å². The fourth-order valence-electron chi connectivity index (χ4n) is 2.02. The van der Waals surface area contributed by atoms with Crippen LogP contribution in [0.25, 0.3) is 0 Å². The van der Waals surface area contributed by atoms with Crippen LogP contribution in [-0.4, -0.2) is 25.2 Å². The Kier molecular flexibility index (Phi) is 5.56. The van der Waals surface area contributed by atoms with E-state index in [0.717, 1.165) is 5.56 Å². The molecule has 0 saturated heterocycles. The summed E-state index contributed by atoms with van der Waals surface area (Å²) in [5.74, 6) is 0.197. The average Bonchev–Trinajstić information content (AvgIpc) is 2.60. The van der Waals surface area contributed by atoms with Crippen molar-refractivity contribution < 1.29 is 19.2 Å². The SMILES string of the molecule is COC(=O)Nc1ccc(CNc2ccc([N+](=O)[O-])c(OC)c2)cc1. The van der Waals surface area contributed by atoms with Gasteiger partial charge in [0, 0.05) is 30.1 Å². The number of nitrogens with zero attached hydrogens (tertiary/aromatic N) is 1. The first-order valence-electron chi connectivity index (χ1n) is 7.03. The van der Waals surface area contributed by atoms with Crippen LogP contribution in [0, 0.1) is 10.1 Å². The second-order valence-corrected chi connectivity index (χ2v) is 4.81. The summed E-state index contributed by atoms with van der Waals surface area (Å²) in [7, 11) is 2.69. The molecule has 2 rings (SSSR count). The van der Waals surface area contributed by atoms with Crippen LogP contribution >= 0.6 is 0 Å². The van der Waals surface area contributed by atoms with E-state index in [-0.39, 0.29) is 11.4 Å². The number of anilines is 2. The summed E-state index contributed by atoms with van der Waals surface area (Å²) in [5, 5.41) is 16.6. The first-order valence-corrected chi connectivity index (χ1v) is 7.03. The van der Waals surface area contributed by atoms with Gasteiger partial charge >= 0.3 is 11.8 Å². The fraction of sp³-hybridized carbons (Fsp3) is 0.188. The smallest absolute Gasteiger partial charge is 0.411 e. The third-order valence-corrected chi connectivity index (χ3v) is 3.26. The lowest BCUT2D eigenvalue weighted by atomic mass is 10.2. The summed E-state index contributed by atoms with van der Waals surface area (Å²) in [6.45, 7) is 0.513. The third kappa shape index (κ3) is 4.35. The highest BCUT2D eigenvalue weighted by atomic mass is 16.6. The van der Waals surface area contributed by atoms with Crippen molar-refractivity contribution in [1.82, 2.24) is 0 Å². The molecule has 0 aliphatic carbocycles. The van der Waals surface area contributed by atoms with Gasteiger partial charge in [0.25, 0.3) is 0 Å². The van der Waals surface area contributed by atoms with Gasteiger partial charge in [0.2, 0.25) is 0 Å². The molecule has 2 aromatic carbocycles. The van der Waals surface area contributed by atoms with Crippen molar-refractivity contribution in [1.29, 1.82) is 0 Å². The summed E-state index contributed by atoms with van der Waals surface area (Å²) in [5.41, 5.74) is 2.22. The molecule has 1 amide bonds. The molecular formula is C16H17N3O5. The average molecular weight is 331 g/mol. The zero-order valence-corrected chi connectivity index (χ0v) is 13.2. The molecule has 0 spiro atoms. The number of nitrogens with one attached hydrogen (secondary N) is 2. The Morgan fingerprint density at radius 3 is 2.38 bits per heavy atom. The molecule has 24 heavy (non-hydrogen) atoms. The molecule has 2 N–H and O–H groups in total. The minimum absolute atomic E-state index is 0.0821. The molecule has 0 aromatic heterocycles. The van der Waals surface area contributed by atoms with Gasteiger partial charge in [0.05, 0.1) is 19.1 Å². The van der Waals surface area contributed by atoms with Crippen molar-refractivity contribution in [3.63, 3.8) is 0 Å². The molecule has 126 valence electrons. The topological polar surface area (TPSA) is 103 Å². The Labute approximate surface area is 138 Å².